The molecule has 0 bridgehead atoms. The van der Waals surface area contributed by atoms with E-state index >= 15 is 0 Å². The summed E-state index contributed by atoms with van der Waals surface area (Å²) in [5.41, 5.74) is 1.23. The summed E-state index contributed by atoms with van der Waals surface area (Å²) < 4.78 is 11.5. The predicted molar refractivity (Wildman–Crippen MR) is 113 cm³/mol. The number of rotatable bonds is 3. The Morgan fingerprint density at radius 3 is 2.76 bits per heavy atom. The number of carbonyl (C=O) groups is 1. The predicted octanol–water partition coefficient (Wildman–Crippen LogP) is 5.49. The number of aliphatic carboxylic acids is 1. The third kappa shape index (κ3) is 4.97. The largest absolute Gasteiger partial charge is 0.489 e. The monoisotopic (exact) mass is 396 g/mol. The smallest absolute Gasteiger partial charge is 0.336 e. The molecule has 1 heterocycles. The second-order valence-corrected chi connectivity index (χ2v) is 8.16. The zero-order chi connectivity index (χ0) is 21.0. The number of carboxylic acids is 1. The lowest BCUT2D eigenvalue weighted by Gasteiger charge is -2.34. The summed E-state index contributed by atoms with van der Waals surface area (Å²) in [4.78, 5) is 23.8. The summed E-state index contributed by atoms with van der Waals surface area (Å²) in [7, 11) is 0. The van der Waals surface area contributed by atoms with Gasteiger partial charge in [-0.2, -0.15) is 0 Å². The molecule has 2 atom stereocenters. The second kappa shape index (κ2) is 8.68. The maximum absolute atomic E-state index is 12.3. The molecule has 3 rings (SSSR count). The maximum atomic E-state index is 12.3. The van der Waals surface area contributed by atoms with Crippen molar-refractivity contribution in [2.75, 3.05) is 0 Å². The number of hydrogen-bond acceptors (Lipinski definition) is 4. The van der Waals surface area contributed by atoms with E-state index < -0.39 is 23.1 Å². The number of allylic oxidation sites excluding steroid dienone is 3. The molecule has 1 aliphatic rings. The van der Waals surface area contributed by atoms with Gasteiger partial charge in [-0.3, -0.25) is 4.79 Å². The molecule has 2 unspecified atom stereocenters. The molecule has 5 heteroatoms. The van der Waals surface area contributed by atoms with E-state index in [-0.39, 0.29) is 0 Å². The summed E-state index contributed by atoms with van der Waals surface area (Å²) in [5.74, 6) is -0.372. The summed E-state index contributed by atoms with van der Waals surface area (Å²) in [6.07, 6.45) is 5.97. The fourth-order valence-electron chi connectivity index (χ4n) is 3.74. The van der Waals surface area contributed by atoms with Gasteiger partial charge >= 0.3 is 11.6 Å². The summed E-state index contributed by atoms with van der Waals surface area (Å²) >= 11 is 0. The maximum Gasteiger partial charge on any atom is 0.336 e. The van der Waals surface area contributed by atoms with Crippen molar-refractivity contribution >= 4 is 16.9 Å². The van der Waals surface area contributed by atoms with Crippen LogP contribution in [0.1, 0.15) is 52.4 Å². The molecule has 0 radical (unpaired) electrons. The van der Waals surface area contributed by atoms with Crippen molar-refractivity contribution in [3.05, 3.63) is 64.6 Å². The normalized spacial score (nSPS) is 23.9. The number of benzene rings is 1. The molecular weight excluding hydrogens is 368 g/mol. The third-order valence-corrected chi connectivity index (χ3v) is 5.86. The molecule has 2 aromatic rings. The lowest BCUT2D eigenvalue weighted by Crippen LogP contribution is -2.43. The zero-order valence-corrected chi connectivity index (χ0v) is 17.1. The van der Waals surface area contributed by atoms with Crippen molar-refractivity contribution in [1.82, 2.24) is 0 Å². The molecule has 0 saturated heterocycles. The fourth-order valence-corrected chi connectivity index (χ4v) is 3.74. The molecule has 0 amide bonds. The Morgan fingerprint density at radius 2 is 2.00 bits per heavy atom. The van der Waals surface area contributed by atoms with Gasteiger partial charge in [-0.05, 0) is 70.6 Å². The van der Waals surface area contributed by atoms with Crippen LogP contribution in [0.15, 0.2) is 63.3 Å². The first-order valence-corrected chi connectivity index (χ1v) is 10.0. The Morgan fingerprint density at radius 1 is 1.24 bits per heavy atom. The minimum absolute atomic E-state index is 0.424. The average Bonchev–Trinajstić information content (AvgIpc) is 2.70. The molecule has 0 aliphatic heterocycles. The average molecular weight is 396 g/mol. The Labute approximate surface area is 170 Å². The van der Waals surface area contributed by atoms with Crippen LogP contribution in [0.4, 0.5) is 0 Å². The van der Waals surface area contributed by atoms with Crippen LogP contribution in [0.5, 0.6) is 5.75 Å². The highest BCUT2D eigenvalue weighted by atomic mass is 16.5. The van der Waals surface area contributed by atoms with E-state index in [0.29, 0.717) is 30.6 Å². The Kier molecular flexibility index (Phi) is 6.26. The van der Waals surface area contributed by atoms with Crippen molar-refractivity contribution in [2.45, 2.75) is 58.5 Å². The first kappa shape index (κ1) is 20.9. The minimum atomic E-state index is -1.06. The van der Waals surface area contributed by atoms with Crippen LogP contribution in [0.2, 0.25) is 0 Å². The molecule has 0 spiro atoms. The van der Waals surface area contributed by atoms with Crippen LogP contribution in [0.25, 0.3) is 11.0 Å². The second-order valence-electron chi connectivity index (χ2n) is 8.16. The highest BCUT2D eigenvalue weighted by molar-refractivity contribution is 5.78. The van der Waals surface area contributed by atoms with Crippen molar-refractivity contribution in [1.29, 1.82) is 0 Å². The van der Waals surface area contributed by atoms with Gasteiger partial charge in [-0.15, -0.1) is 0 Å². The van der Waals surface area contributed by atoms with E-state index in [4.69, 9.17) is 9.15 Å². The SMILES string of the molecule is C=C1CCC=C(C)CCC(Oc2ccc3ccc(=O)oc3c2)C(C)(C(=O)O)CC1. The highest BCUT2D eigenvalue weighted by Gasteiger charge is 2.43. The molecule has 0 saturated carbocycles. The Bertz CT molecular complexity index is 1000. The zero-order valence-electron chi connectivity index (χ0n) is 17.1. The van der Waals surface area contributed by atoms with Crippen LogP contribution in [-0.2, 0) is 4.79 Å². The van der Waals surface area contributed by atoms with Crippen molar-refractivity contribution in [3.8, 4) is 5.75 Å². The van der Waals surface area contributed by atoms with Gasteiger partial charge in [0.05, 0.1) is 0 Å². The van der Waals surface area contributed by atoms with E-state index in [9.17, 15) is 14.7 Å². The van der Waals surface area contributed by atoms with E-state index in [2.05, 4.69) is 19.6 Å². The highest BCUT2D eigenvalue weighted by Crippen LogP contribution is 2.37. The Hall–Kier alpha value is -2.82. The molecule has 1 N–H and O–H groups in total. The van der Waals surface area contributed by atoms with Crippen molar-refractivity contribution < 1.29 is 19.1 Å². The molecule has 29 heavy (non-hydrogen) atoms. The third-order valence-electron chi connectivity index (χ3n) is 5.86. The molecule has 0 fully saturated rings. The first-order valence-electron chi connectivity index (χ1n) is 10.0. The van der Waals surface area contributed by atoms with Gasteiger partial charge in [0.1, 0.15) is 22.9 Å². The number of hydrogen-bond donors (Lipinski definition) is 1. The van der Waals surface area contributed by atoms with Crippen LogP contribution in [-0.4, -0.2) is 17.2 Å². The van der Waals surface area contributed by atoms with E-state index in [1.807, 2.05) is 6.07 Å². The first-order chi connectivity index (χ1) is 13.8. The van der Waals surface area contributed by atoms with Crippen LogP contribution in [0.3, 0.4) is 0 Å². The van der Waals surface area contributed by atoms with Crippen LogP contribution >= 0.6 is 0 Å². The Balaban J connectivity index is 1.95. The summed E-state index contributed by atoms with van der Waals surface area (Å²) in [6, 6.07) is 8.32. The quantitative estimate of drug-likeness (QED) is 0.548. The van der Waals surface area contributed by atoms with Gasteiger partial charge in [-0.25, -0.2) is 4.79 Å². The topological polar surface area (TPSA) is 76.7 Å². The number of fused-ring (bicyclic) bond motifs is 1. The number of carboxylic acid groups (broad SMARTS) is 1. The summed E-state index contributed by atoms with van der Waals surface area (Å²) in [6.45, 7) is 7.94. The lowest BCUT2D eigenvalue weighted by atomic mass is 9.76. The van der Waals surface area contributed by atoms with Gasteiger partial charge in [0.15, 0.2) is 0 Å². The molecular formula is C24H28O5. The van der Waals surface area contributed by atoms with Gasteiger partial charge in [-0.1, -0.05) is 23.8 Å². The van der Waals surface area contributed by atoms with Crippen LogP contribution in [0, 0.1) is 5.41 Å². The molecule has 1 aromatic carbocycles. The van der Waals surface area contributed by atoms with Crippen molar-refractivity contribution in [3.63, 3.8) is 0 Å². The van der Waals surface area contributed by atoms with Gasteiger partial charge < -0.3 is 14.3 Å². The molecule has 1 aromatic heterocycles. The van der Waals surface area contributed by atoms with Gasteiger partial charge in [0.2, 0.25) is 0 Å². The lowest BCUT2D eigenvalue weighted by molar-refractivity contribution is -0.154. The van der Waals surface area contributed by atoms with Gasteiger partial charge in [0, 0.05) is 17.5 Å². The molecule has 154 valence electrons. The number of ether oxygens (including phenoxy) is 1. The van der Waals surface area contributed by atoms with E-state index in [0.717, 1.165) is 30.2 Å². The standard InChI is InChI=1S/C24H28O5/c1-16-5-4-6-17(2)13-14-24(3,23(26)27)21(11-7-16)28-19-10-8-18-9-12-22(25)29-20(18)15-19/h5,8-10,12,15,21H,2,4,6-7,11,13-14H2,1,3H3,(H,26,27). The van der Waals surface area contributed by atoms with E-state index in [1.54, 1.807) is 25.1 Å². The minimum Gasteiger partial charge on any atom is -0.489 e. The van der Waals surface area contributed by atoms with Gasteiger partial charge in [0.25, 0.3) is 0 Å². The van der Waals surface area contributed by atoms with E-state index in [1.165, 1.54) is 11.6 Å². The van der Waals surface area contributed by atoms with Crippen molar-refractivity contribution in [2.24, 2.45) is 5.41 Å². The molecule has 5 nitrogen and oxygen atoms in total. The molecule has 1 aliphatic carbocycles. The fraction of sp³-hybridized carbons (Fsp3) is 0.417. The van der Waals surface area contributed by atoms with Crippen LogP contribution < -0.4 is 10.4 Å². The summed E-state index contributed by atoms with van der Waals surface area (Å²) in [5, 5.41) is 10.9.